The van der Waals surface area contributed by atoms with Crippen LogP contribution in [0.4, 0.5) is 0 Å². The second kappa shape index (κ2) is 20.0. The predicted octanol–water partition coefficient (Wildman–Crippen LogP) is 12.0. The fourth-order valence-corrected chi connectivity index (χ4v) is 8.01. The molecule has 0 nitrogen and oxygen atoms in total. The van der Waals surface area contributed by atoms with Crippen LogP contribution in [0.5, 0.6) is 0 Å². The second-order valence-corrected chi connectivity index (χ2v) is 14.3. The van der Waals surface area contributed by atoms with E-state index in [0.717, 1.165) is 24.2 Å². The Morgan fingerprint density at radius 2 is 1.41 bits per heavy atom. The first kappa shape index (κ1) is 38.9. The van der Waals surface area contributed by atoms with Crippen LogP contribution in [0, 0.1) is 41.9 Å². The Bertz CT molecular complexity index is 585. The van der Waals surface area contributed by atoms with Gasteiger partial charge in [0.1, 0.15) is 0 Å². The molecule has 4 aliphatic carbocycles. The van der Waals surface area contributed by atoms with Gasteiger partial charge in [0, 0.05) is 65.4 Å². The molecule has 0 heterocycles. The van der Waals surface area contributed by atoms with Crippen LogP contribution in [-0.4, -0.2) is 0 Å². The quantitative estimate of drug-likeness (QED) is 0.196. The van der Waals surface area contributed by atoms with Crippen LogP contribution in [-0.2, 0) is 65.4 Å². The van der Waals surface area contributed by atoms with Crippen LogP contribution >= 0.6 is 0 Å². The van der Waals surface area contributed by atoms with Gasteiger partial charge in [-0.25, -0.2) is 0 Å². The molecule has 0 N–H and O–H groups in total. The van der Waals surface area contributed by atoms with E-state index in [9.17, 15) is 0 Å². The summed E-state index contributed by atoms with van der Waals surface area (Å²) < 4.78 is 0. The van der Waals surface area contributed by atoms with Gasteiger partial charge in [0.15, 0.2) is 0 Å². The molecule has 0 amide bonds. The average molecular weight is 662 g/mol. The summed E-state index contributed by atoms with van der Waals surface area (Å²) in [5, 5.41) is 0. The number of unbranched alkanes of at least 4 members (excludes halogenated alkanes) is 1. The van der Waals surface area contributed by atoms with Gasteiger partial charge in [-0.3, -0.25) is 0 Å². The Hall–Kier alpha value is 1.95. The van der Waals surface area contributed by atoms with Crippen molar-refractivity contribution in [2.75, 3.05) is 0 Å². The normalized spacial score (nSPS) is 23.9. The van der Waals surface area contributed by atoms with Crippen molar-refractivity contribution in [2.24, 2.45) is 22.2 Å². The molecular formula is C35H63Y2-3. The molecule has 3 fully saturated rings. The Morgan fingerprint density at radius 1 is 0.838 bits per heavy atom. The molecule has 0 saturated heterocycles. The molecule has 0 atom stereocenters. The maximum absolute atomic E-state index is 4.13. The van der Waals surface area contributed by atoms with E-state index < -0.39 is 0 Å². The zero-order valence-corrected chi connectivity index (χ0v) is 31.7. The summed E-state index contributed by atoms with van der Waals surface area (Å²) in [6.07, 6.45) is 31.9. The zero-order chi connectivity index (χ0) is 25.8. The van der Waals surface area contributed by atoms with Crippen molar-refractivity contribution in [1.82, 2.24) is 0 Å². The number of hydrogen-bond acceptors (Lipinski definition) is 0. The molecule has 0 aromatic rings. The van der Waals surface area contributed by atoms with Crippen LogP contribution in [0.25, 0.3) is 0 Å². The molecule has 0 unspecified atom stereocenters. The van der Waals surface area contributed by atoms with Crippen LogP contribution in [0.2, 0.25) is 0 Å². The van der Waals surface area contributed by atoms with E-state index in [2.05, 4.69) is 54.5 Å². The Labute approximate surface area is 285 Å². The zero-order valence-electron chi connectivity index (χ0n) is 26.1. The molecule has 3 saturated carbocycles. The maximum atomic E-state index is 4.13. The van der Waals surface area contributed by atoms with Crippen LogP contribution in [0.3, 0.4) is 0 Å². The third kappa shape index (κ3) is 15.1. The molecule has 4 rings (SSSR count). The standard InChI is InChI=1S/C13H24.C12H23.C10H16.2Y/c1-12(2)7-6-10-13(11-12)8-4-3-5-9-13;1-4-12(10-11(2)3)8-6-5-7-9-12;1-3-4-5-10-7-6-9(2)8-10;;/h3-11H2,1-2H3;11H,1,4-10H2,2-3H3;6H,1,3-5,7-8H2,2H3;;/q;-1;-2;;. The average Bonchev–Trinajstić information content (AvgIpc) is 3.23. The Balaban J connectivity index is 0.000000516. The van der Waals surface area contributed by atoms with E-state index in [0.29, 0.717) is 10.8 Å². The molecule has 37 heavy (non-hydrogen) atoms. The van der Waals surface area contributed by atoms with Crippen molar-refractivity contribution < 1.29 is 65.4 Å². The van der Waals surface area contributed by atoms with Gasteiger partial charge >= 0.3 is 0 Å². The van der Waals surface area contributed by atoms with Crippen molar-refractivity contribution in [3.63, 3.8) is 0 Å². The summed E-state index contributed by atoms with van der Waals surface area (Å²) >= 11 is 0. The fourth-order valence-electron chi connectivity index (χ4n) is 8.01. The fraction of sp³-hybridized carbons (Fsp3) is 0.857. The predicted molar refractivity (Wildman–Crippen MR) is 158 cm³/mol. The molecule has 212 valence electrons. The summed E-state index contributed by atoms with van der Waals surface area (Å²) in [6, 6.07) is 0. The first-order chi connectivity index (χ1) is 16.6. The summed E-state index contributed by atoms with van der Waals surface area (Å²) in [7, 11) is 0. The Morgan fingerprint density at radius 3 is 1.86 bits per heavy atom. The molecule has 0 bridgehead atoms. The van der Waals surface area contributed by atoms with Crippen molar-refractivity contribution in [1.29, 1.82) is 0 Å². The Kier molecular flexibility index (Phi) is 21.0. The third-order valence-electron chi connectivity index (χ3n) is 9.66. The largest absolute Gasteiger partial charge is 0.343 e. The van der Waals surface area contributed by atoms with Gasteiger partial charge in [0.2, 0.25) is 0 Å². The van der Waals surface area contributed by atoms with E-state index in [-0.39, 0.29) is 65.4 Å². The van der Waals surface area contributed by atoms with Gasteiger partial charge in [-0.2, -0.15) is 32.1 Å². The van der Waals surface area contributed by atoms with E-state index in [1.54, 1.807) is 11.5 Å². The topological polar surface area (TPSA) is 0 Å². The summed E-state index contributed by atoms with van der Waals surface area (Å²) in [5.41, 5.74) is 3.63. The van der Waals surface area contributed by atoms with Crippen LogP contribution in [0.1, 0.15) is 169 Å². The molecule has 1 spiro atoms. The monoisotopic (exact) mass is 661 g/mol. The summed E-state index contributed by atoms with van der Waals surface area (Å²) in [5.74, 6) is 2.56. The van der Waals surface area contributed by atoms with Gasteiger partial charge in [0.25, 0.3) is 0 Å². The molecule has 2 radical (unpaired) electrons. The van der Waals surface area contributed by atoms with Gasteiger partial charge in [-0.15, -0.1) is 18.1 Å². The number of allylic oxidation sites excluding steroid dienone is 2. The molecule has 2 heteroatoms. The van der Waals surface area contributed by atoms with Gasteiger partial charge in [0.05, 0.1) is 0 Å². The second-order valence-electron chi connectivity index (χ2n) is 14.3. The van der Waals surface area contributed by atoms with Gasteiger partial charge in [-0.1, -0.05) is 90.9 Å². The minimum absolute atomic E-state index is 0. The minimum Gasteiger partial charge on any atom is -0.343 e. The summed E-state index contributed by atoms with van der Waals surface area (Å²) in [6.45, 7) is 19.8. The third-order valence-corrected chi connectivity index (χ3v) is 9.66. The van der Waals surface area contributed by atoms with Crippen molar-refractivity contribution in [3.8, 4) is 0 Å². The molecule has 0 aliphatic heterocycles. The van der Waals surface area contributed by atoms with Crippen molar-refractivity contribution >= 4 is 0 Å². The van der Waals surface area contributed by atoms with E-state index in [1.807, 2.05) is 0 Å². The van der Waals surface area contributed by atoms with Gasteiger partial charge < -0.3 is 19.8 Å². The first-order valence-corrected chi connectivity index (χ1v) is 15.7. The van der Waals surface area contributed by atoms with Crippen molar-refractivity contribution in [2.45, 2.75) is 169 Å². The summed E-state index contributed by atoms with van der Waals surface area (Å²) in [4.78, 5) is 0. The van der Waals surface area contributed by atoms with Gasteiger partial charge in [-0.05, 0) is 62.2 Å². The smallest absolute Gasteiger partial charge is 0 e. The van der Waals surface area contributed by atoms with E-state index >= 15 is 0 Å². The van der Waals surface area contributed by atoms with Crippen LogP contribution in [0.15, 0.2) is 11.6 Å². The first-order valence-electron chi connectivity index (χ1n) is 15.7. The SMILES string of the molecule is CC1(C)CCCC2(CCCCC2)C1.[CH2-]CC1(CC(C)C)CCCCC1.[CH2-]CCC[C-]1CC=C(C)C1.[Y].[Y]. The molecular weight excluding hydrogens is 598 g/mol. The van der Waals surface area contributed by atoms with E-state index in [4.69, 9.17) is 0 Å². The molecule has 4 aliphatic rings. The number of hydrogen-bond donors (Lipinski definition) is 0. The maximum Gasteiger partial charge on any atom is 0 e. The number of rotatable bonds is 6. The van der Waals surface area contributed by atoms with Crippen molar-refractivity contribution in [3.05, 3.63) is 31.4 Å². The molecule has 0 aromatic carbocycles. The molecule has 0 aromatic heterocycles. The minimum atomic E-state index is 0. The van der Waals surface area contributed by atoms with Crippen LogP contribution < -0.4 is 0 Å². The van der Waals surface area contributed by atoms with E-state index in [1.165, 1.54) is 122 Å².